The van der Waals surface area contributed by atoms with Gasteiger partial charge in [-0.2, -0.15) is 0 Å². The Morgan fingerprint density at radius 2 is 0.850 bits per heavy atom. The second-order valence-corrected chi connectivity index (χ2v) is 17.0. The molecule has 2 saturated heterocycles. The fraction of sp³-hybridized carbons (Fsp3) is 0.956. The maximum atomic E-state index is 12.8. The first-order valence-electron chi connectivity index (χ1n) is 23.6. The van der Waals surface area contributed by atoms with Crippen molar-refractivity contribution < 1.29 is 73.8 Å². The van der Waals surface area contributed by atoms with Crippen LogP contribution in [0.3, 0.4) is 0 Å². The average molecular weight is 865 g/mol. The second kappa shape index (κ2) is 34.0. The van der Waals surface area contributed by atoms with Gasteiger partial charge >= 0.3 is 11.9 Å². The van der Waals surface area contributed by atoms with Crippen molar-refractivity contribution in [3.05, 3.63) is 0 Å². The third-order valence-electron chi connectivity index (χ3n) is 11.6. The fourth-order valence-electron chi connectivity index (χ4n) is 7.63. The number of ether oxygens (including phenoxy) is 6. The zero-order chi connectivity index (χ0) is 44.0. The summed E-state index contributed by atoms with van der Waals surface area (Å²) >= 11 is 0. The molecule has 0 aromatic rings. The summed E-state index contributed by atoms with van der Waals surface area (Å²) in [4.78, 5) is 25.5. The molecule has 2 fully saturated rings. The number of carbonyl (C=O) groups is 2. The number of aliphatic hydroxyl groups excluding tert-OH is 7. The van der Waals surface area contributed by atoms with Crippen molar-refractivity contribution in [2.24, 2.45) is 0 Å². The molecule has 4 unspecified atom stereocenters. The average Bonchev–Trinajstić information content (AvgIpc) is 3.24. The van der Waals surface area contributed by atoms with Crippen molar-refractivity contribution in [1.29, 1.82) is 0 Å². The second-order valence-electron chi connectivity index (χ2n) is 17.0. The quantitative estimate of drug-likeness (QED) is 0.0315. The van der Waals surface area contributed by atoms with Gasteiger partial charge in [0.15, 0.2) is 18.7 Å². The molecule has 354 valence electrons. The molecule has 0 amide bonds. The predicted octanol–water partition coefficient (Wildman–Crippen LogP) is 5.26. The van der Waals surface area contributed by atoms with Gasteiger partial charge in [-0.05, 0) is 12.8 Å². The number of aliphatic hydroxyl groups is 7. The standard InChI is InChI=1S/C45H84O15/c1-3-5-7-9-11-12-13-14-15-16-17-18-19-20-22-23-25-27-36(47)55-30-33(58-37(48)28-26-24-21-10-8-6-4-2)31-56-44-43(54)41(52)39(50)35(60-44)32-57-45-42(53)40(51)38(49)34(29-46)59-45/h33-35,38-46,49-54H,3-32H2,1-2H3/t33-,34+,35+,38-,39-,40?,41?,42?,43?,44+,45+/m0/s1. The van der Waals surface area contributed by atoms with Crippen LogP contribution in [0.25, 0.3) is 0 Å². The third kappa shape index (κ3) is 22.7. The van der Waals surface area contributed by atoms with E-state index in [2.05, 4.69) is 13.8 Å². The van der Waals surface area contributed by atoms with Crippen LogP contribution in [0.15, 0.2) is 0 Å². The highest BCUT2D eigenvalue weighted by Crippen LogP contribution is 2.26. The Hall–Kier alpha value is -1.50. The van der Waals surface area contributed by atoms with Gasteiger partial charge in [0.25, 0.3) is 0 Å². The lowest BCUT2D eigenvalue weighted by molar-refractivity contribution is -0.332. The van der Waals surface area contributed by atoms with Gasteiger partial charge in [-0.1, -0.05) is 155 Å². The molecule has 0 spiro atoms. The number of rotatable bonds is 36. The van der Waals surface area contributed by atoms with Crippen LogP contribution >= 0.6 is 0 Å². The van der Waals surface area contributed by atoms with Crippen molar-refractivity contribution in [3.63, 3.8) is 0 Å². The third-order valence-corrected chi connectivity index (χ3v) is 11.6. The van der Waals surface area contributed by atoms with Gasteiger partial charge in [-0.3, -0.25) is 9.59 Å². The molecule has 15 heteroatoms. The summed E-state index contributed by atoms with van der Waals surface area (Å²) in [6.07, 6.45) is 11.8. The topological polar surface area (TPSA) is 231 Å². The van der Waals surface area contributed by atoms with Crippen LogP contribution in [0.5, 0.6) is 0 Å². The van der Waals surface area contributed by atoms with Crippen LogP contribution in [0.2, 0.25) is 0 Å². The lowest BCUT2D eigenvalue weighted by Crippen LogP contribution is -2.61. The van der Waals surface area contributed by atoms with E-state index >= 15 is 0 Å². The Morgan fingerprint density at radius 3 is 1.30 bits per heavy atom. The number of unbranched alkanes of at least 4 members (excludes halogenated alkanes) is 22. The highest BCUT2D eigenvalue weighted by atomic mass is 16.7. The lowest BCUT2D eigenvalue weighted by Gasteiger charge is -2.42. The van der Waals surface area contributed by atoms with E-state index in [1.807, 2.05) is 0 Å². The highest BCUT2D eigenvalue weighted by molar-refractivity contribution is 5.70. The summed E-state index contributed by atoms with van der Waals surface area (Å²) in [5, 5.41) is 71.7. The normalized spacial score (nSPS) is 27.5. The van der Waals surface area contributed by atoms with E-state index in [0.717, 1.165) is 51.4 Å². The van der Waals surface area contributed by atoms with E-state index in [0.29, 0.717) is 12.8 Å². The molecule has 0 bridgehead atoms. The summed E-state index contributed by atoms with van der Waals surface area (Å²) in [6.45, 7) is 2.54. The lowest BCUT2D eigenvalue weighted by atomic mass is 9.98. The first kappa shape index (κ1) is 54.6. The molecular weight excluding hydrogens is 780 g/mol. The zero-order valence-electron chi connectivity index (χ0n) is 37.0. The van der Waals surface area contributed by atoms with E-state index < -0.39 is 92.7 Å². The molecule has 0 aliphatic carbocycles. The minimum atomic E-state index is -1.76. The van der Waals surface area contributed by atoms with E-state index in [-0.39, 0.29) is 26.1 Å². The Balaban J connectivity index is 1.78. The molecule has 7 N–H and O–H groups in total. The molecule has 2 aliphatic rings. The Labute approximate surface area is 359 Å². The Kier molecular flexibility index (Phi) is 30.9. The highest BCUT2D eigenvalue weighted by Gasteiger charge is 2.47. The van der Waals surface area contributed by atoms with E-state index in [1.54, 1.807) is 0 Å². The Morgan fingerprint density at radius 1 is 0.467 bits per heavy atom. The van der Waals surface area contributed by atoms with Crippen LogP contribution in [0.4, 0.5) is 0 Å². The van der Waals surface area contributed by atoms with Crippen LogP contribution < -0.4 is 0 Å². The molecule has 11 atom stereocenters. The Bertz CT molecular complexity index is 1070. The predicted molar refractivity (Wildman–Crippen MR) is 225 cm³/mol. The van der Waals surface area contributed by atoms with E-state index in [4.69, 9.17) is 28.4 Å². The minimum Gasteiger partial charge on any atom is -0.462 e. The molecule has 0 aromatic carbocycles. The summed E-state index contributed by atoms with van der Waals surface area (Å²) < 4.78 is 33.4. The number of hydrogen-bond donors (Lipinski definition) is 7. The molecule has 0 saturated carbocycles. The summed E-state index contributed by atoms with van der Waals surface area (Å²) in [7, 11) is 0. The summed E-state index contributed by atoms with van der Waals surface area (Å²) in [5.41, 5.74) is 0. The molecule has 0 aromatic heterocycles. The van der Waals surface area contributed by atoms with Crippen molar-refractivity contribution in [3.8, 4) is 0 Å². The monoisotopic (exact) mass is 865 g/mol. The fourth-order valence-corrected chi connectivity index (χ4v) is 7.63. The molecule has 15 nitrogen and oxygen atoms in total. The largest absolute Gasteiger partial charge is 0.462 e. The van der Waals surface area contributed by atoms with E-state index in [1.165, 1.54) is 89.9 Å². The van der Waals surface area contributed by atoms with E-state index in [9.17, 15) is 45.3 Å². The SMILES string of the molecule is CCCCCCCCCCCCCCCCCCCC(=O)OC[C@@H](CO[C@@H]1O[C@H](CO[C@@H]2O[C@H](CO)[C@H](O)C(O)C2O)[C@H](O)C(O)C1O)OC(=O)CCCCCCCCC. The van der Waals surface area contributed by atoms with Crippen molar-refractivity contribution in [2.45, 2.75) is 248 Å². The van der Waals surface area contributed by atoms with Gasteiger partial charge in [0.1, 0.15) is 55.4 Å². The molecule has 2 aliphatic heterocycles. The van der Waals surface area contributed by atoms with Crippen molar-refractivity contribution in [1.82, 2.24) is 0 Å². The number of esters is 2. The first-order valence-corrected chi connectivity index (χ1v) is 23.6. The summed E-state index contributed by atoms with van der Waals surface area (Å²) in [5.74, 6) is -0.922. The smallest absolute Gasteiger partial charge is 0.306 e. The van der Waals surface area contributed by atoms with Gasteiger partial charge in [-0.15, -0.1) is 0 Å². The molecule has 60 heavy (non-hydrogen) atoms. The van der Waals surface area contributed by atoms with Gasteiger partial charge in [-0.25, -0.2) is 0 Å². The molecule has 2 heterocycles. The molecule has 2 rings (SSSR count). The molecule has 0 radical (unpaired) electrons. The van der Waals surface area contributed by atoms with Crippen molar-refractivity contribution in [2.75, 3.05) is 26.4 Å². The first-order chi connectivity index (χ1) is 29.0. The van der Waals surface area contributed by atoms with Gasteiger partial charge in [0.05, 0.1) is 19.8 Å². The van der Waals surface area contributed by atoms with Crippen LogP contribution in [-0.4, -0.2) is 142 Å². The van der Waals surface area contributed by atoms with Gasteiger partial charge in [0, 0.05) is 12.8 Å². The summed E-state index contributed by atoms with van der Waals surface area (Å²) in [6, 6.07) is 0. The number of carbonyl (C=O) groups excluding carboxylic acids is 2. The minimum absolute atomic E-state index is 0.169. The van der Waals surface area contributed by atoms with Crippen LogP contribution in [-0.2, 0) is 38.0 Å². The zero-order valence-corrected chi connectivity index (χ0v) is 37.0. The van der Waals surface area contributed by atoms with Crippen molar-refractivity contribution >= 4 is 11.9 Å². The van der Waals surface area contributed by atoms with Crippen LogP contribution in [0, 0.1) is 0 Å². The van der Waals surface area contributed by atoms with Crippen LogP contribution in [0.1, 0.15) is 181 Å². The molecular formula is C45H84O15. The number of hydrogen-bond acceptors (Lipinski definition) is 15. The maximum Gasteiger partial charge on any atom is 0.306 e. The van der Waals surface area contributed by atoms with Gasteiger partial charge in [0.2, 0.25) is 0 Å². The maximum absolute atomic E-state index is 12.8. The van der Waals surface area contributed by atoms with Gasteiger partial charge < -0.3 is 64.2 Å².